The first-order valence-corrected chi connectivity index (χ1v) is 6.37. The van der Waals surface area contributed by atoms with Crippen molar-refractivity contribution in [2.75, 3.05) is 24.8 Å². The second-order valence-corrected chi connectivity index (χ2v) is 4.78. The zero-order valence-electron chi connectivity index (χ0n) is 11.3. The highest BCUT2D eigenvalue weighted by atomic mass is 35.5. The smallest absolute Gasteiger partial charge is 0.258 e. The molecule has 0 bridgehead atoms. The van der Waals surface area contributed by atoms with Gasteiger partial charge in [0.1, 0.15) is 5.75 Å². The lowest BCUT2D eigenvalue weighted by atomic mass is 10.1. The second kappa shape index (κ2) is 5.84. The van der Waals surface area contributed by atoms with Crippen LogP contribution in [0.15, 0.2) is 42.5 Å². The van der Waals surface area contributed by atoms with E-state index in [0.29, 0.717) is 22.0 Å². The lowest BCUT2D eigenvalue weighted by Gasteiger charge is -2.18. The van der Waals surface area contributed by atoms with Crippen LogP contribution in [0, 0.1) is 0 Å². The molecular formula is C15H15ClN2O2. The molecule has 0 radical (unpaired) electrons. The van der Waals surface area contributed by atoms with Crippen molar-refractivity contribution in [3.05, 3.63) is 53.1 Å². The van der Waals surface area contributed by atoms with E-state index in [4.69, 9.17) is 22.1 Å². The molecule has 4 nitrogen and oxygen atoms in total. The van der Waals surface area contributed by atoms with Crippen molar-refractivity contribution in [3.8, 4) is 5.75 Å². The van der Waals surface area contributed by atoms with E-state index >= 15 is 0 Å². The topological polar surface area (TPSA) is 55.6 Å². The van der Waals surface area contributed by atoms with E-state index in [2.05, 4.69) is 0 Å². The Labute approximate surface area is 122 Å². The summed E-state index contributed by atoms with van der Waals surface area (Å²) in [6, 6.07) is 12.1. The third-order valence-electron chi connectivity index (χ3n) is 2.91. The molecule has 0 aromatic heterocycles. The van der Waals surface area contributed by atoms with Crippen LogP contribution in [0.3, 0.4) is 0 Å². The van der Waals surface area contributed by atoms with Crippen molar-refractivity contribution in [1.82, 2.24) is 0 Å². The fourth-order valence-electron chi connectivity index (χ4n) is 1.87. The Bertz CT molecular complexity index is 623. The molecule has 0 heterocycles. The molecule has 0 unspecified atom stereocenters. The van der Waals surface area contributed by atoms with Gasteiger partial charge < -0.3 is 15.4 Å². The molecule has 0 saturated heterocycles. The fourth-order valence-corrected chi connectivity index (χ4v) is 2.11. The molecule has 20 heavy (non-hydrogen) atoms. The van der Waals surface area contributed by atoms with Gasteiger partial charge in [0.25, 0.3) is 5.91 Å². The molecule has 0 aliphatic heterocycles. The quantitative estimate of drug-likeness (QED) is 0.883. The van der Waals surface area contributed by atoms with Crippen LogP contribution in [0.1, 0.15) is 10.4 Å². The van der Waals surface area contributed by atoms with Crippen LogP contribution in [-0.2, 0) is 0 Å². The van der Waals surface area contributed by atoms with Gasteiger partial charge in [-0.15, -0.1) is 0 Å². The largest absolute Gasteiger partial charge is 0.497 e. The summed E-state index contributed by atoms with van der Waals surface area (Å²) in [6.45, 7) is 0. The van der Waals surface area contributed by atoms with Gasteiger partial charge in [0.2, 0.25) is 0 Å². The zero-order chi connectivity index (χ0) is 14.7. The normalized spacial score (nSPS) is 10.2. The van der Waals surface area contributed by atoms with E-state index in [-0.39, 0.29) is 5.91 Å². The molecule has 0 fully saturated rings. The number of carbonyl (C=O) groups is 1. The number of hydrogen-bond donors (Lipinski definition) is 1. The summed E-state index contributed by atoms with van der Waals surface area (Å²) in [5, 5.41) is 0.437. The first kappa shape index (κ1) is 14.2. The van der Waals surface area contributed by atoms with Crippen LogP contribution in [0.5, 0.6) is 5.75 Å². The van der Waals surface area contributed by atoms with Crippen molar-refractivity contribution in [1.29, 1.82) is 0 Å². The minimum Gasteiger partial charge on any atom is -0.497 e. The Morgan fingerprint density at radius 3 is 2.65 bits per heavy atom. The maximum Gasteiger partial charge on any atom is 0.258 e. The summed E-state index contributed by atoms with van der Waals surface area (Å²) < 4.78 is 5.15. The Morgan fingerprint density at radius 2 is 2.00 bits per heavy atom. The van der Waals surface area contributed by atoms with E-state index in [1.54, 1.807) is 38.4 Å². The van der Waals surface area contributed by atoms with Gasteiger partial charge >= 0.3 is 0 Å². The number of nitrogens with zero attached hydrogens (tertiary/aromatic N) is 1. The standard InChI is InChI=1S/C15H15ClN2O2/c1-18(13-4-3-5-14(9-13)20-2)15(19)10-6-11(16)8-12(17)7-10/h3-9H,17H2,1-2H3. The van der Waals surface area contributed by atoms with Gasteiger partial charge in [-0.05, 0) is 30.3 Å². The number of hydrogen-bond acceptors (Lipinski definition) is 3. The highest BCUT2D eigenvalue weighted by molar-refractivity contribution is 6.31. The first-order chi connectivity index (χ1) is 9.51. The van der Waals surface area contributed by atoms with Crippen molar-refractivity contribution in [2.45, 2.75) is 0 Å². The molecular weight excluding hydrogens is 276 g/mol. The zero-order valence-corrected chi connectivity index (χ0v) is 12.0. The summed E-state index contributed by atoms with van der Waals surface area (Å²) in [4.78, 5) is 13.9. The summed E-state index contributed by atoms with van der Waals surface area (Å²) in [7, 11) is 3.27. The molecule has 0 atom stereocenters. The molecule has 0 saturated carbocycles. The molecule has 2 N–H and O–H groups in total. The molecule has 5 heteroatoms. The van der Waals surface area contributed by atoms with Gasteiger partial charge in [0.15, 0.2) is 0 Å². The number of halogens is 1. The van der Waals surface area contributed by atoms with Gasteiger partial charge in [0.05, 0.1) is 7.11 Å². The van der Waals surface area contributed by atoms with Crippen LogP contribution in [-0.4, -0.2) is 20.1 Å². The number of nitrogen functional groups attached to an aromatic ring is 1. The maximum atomic E-state index is 12.4. The van der Waals surface area contributed by atoms with Gasteiger partial charge in [-0.25, -0.2) is 0 Å². The van der Waals surface area contributed by atoms with Crippen LogP contribution in [0.2, 0.25) is 5.02 Å². The summed E-state index contributed by atoms with van der Waals surface area (Å²) in [5.74, 6) is 0.500. The monoisotopic (exact) mass is 290 g/mol. The number of rotatable bonds is 3. The highest BCUT2D eigenvalue weighted by Crippen LogP contribution is 2.23. The van der Waals surface area contributed by atoms with E-state index in [0.717, 1.165) is 5.69 Å². The molecule has 2 aromatic carbocycles. The average molecular weight is 291 g/mol. The van der Waals surface area contributed by atoms with Gasteiger partial charge in [0, 0.05) is 35.1 Å². The maximum absolute atomic E-state index is 12.4. The van der Waals surface area contributed by atoms with Crippen molar-refractivity contribution in [2.24, 2.45) is 0 Å². The van der Waals surface area contributed by atoms with Crippen LogP contribution < -0.4 is 15.4 Å². The lowest BCUT2D eigenvalue weighted by molar-refractivity contribution is 0.0993. The molecule has 0 aliphatic carbocycles. The van der Waals surface area contributed by atoms with E-state index in [9.17, 15) is 4.79 Å². The number of nitrogens with two attached hydrogens (primary N) is 1. The molecule has 2 rings (SSSR count). The predicted molar refractivity (Wildman–Crippen MR) is 81.6 cm³/mol. The molecule has 104 valence electrons. The van der Waals surface area contributed by atoms with Crippen molar-refractivity contribution < 1.29 is 9.53 Å². The number of ether oxygens (including phenoxy) is 1. The molecule has 0 spiro atoms. The van der Waals surface area contributed by atoms with E-state index in [1.165, 1.54) is 4.90 Å². The summed E-state index contributed by atoms with van der Waals surface area (Å²) in [6.07, 6.45) is 0. The Hall–Kier alpha value is -2.20. The van der Waals surface area contributed by atoms with Gasteiger partial charge in [-0.3, -0.25) is 4.79 Å². The minimum atomic E-state index is -0.188. The van der Waals surface area contributed by atoms with Crippen molar-refractivity contribution in [3.63, 3.8) is 0 Å². The van der Waals surface area contributed by atoms with Gasteiger partial charge in [-0.2, -0.15) is 0 Å². The predicted octanol–water partition coefficient (Wildman–Crippen LogP) is 3.21. The third-order valence-corrected chi connectivity index (χ3v) is 3.13. The molecule has 0 aliphatic rings. The Kier molecular flexibility index (Phi) is 4.15. The lowest BCUT2D eigenvalue weighted by Crippen LogP contribution is -2.26. The number of amides is 1. The fraction of sp³-hybridized carbons (Fsp3) is 0.133. The third kappa shape index (κ3) is 3.03. The Morgan fingerprint density at radius 1 is 1.25 bits per heavy atom. The first-order valence-electron chi connectivity index (χ1n) is 5.99. The van der Waals surface area contributed by atoms with Gasteiger partial charge in [-0.1, -0.05) is 17.7 Å². The number of methoxy groups -OCH3 is 1. The highest BCUT2D eigenvalue weighted by Gasteiger charge is 2.15. The summed E-state index contributed by atoms with van der Waals surface area (Å²) >= 11 is 5.92. The minimum absolute atomic E-state index is 0.188. The van der Waals surface area contributed by atoms with Crippen LogP contribution in [0.4, 0.5) is 11.4 Å². The van der Waals surface area contributed by atoms with Crippen LogP contribution in [0.25, 0.3) is 0 Å². The van der Waals surface area contributed by atoms with E-state index in [1.807, 2.05) is 18.2 Å². The van der Waals surface area contributed by atoms with Crippen molar-refractivity contribution >= 4 is 28.9 Å². The van der Waals surface area contributed by atoms with Crippen LogP contribution >= 0.6 is 11.6 Å². The second-order valence-electron chi connectivity index (χ2n) is 4.34. The molecule has 2 aromatic rings. The summed E-state index contributed by atoms with van der Waals surface area (Å²) in [5.41, 5.74) is 7.34. The molecule has 1 amide bonds. The van der Waals surface area contributed by atoms with E-state index < -0.39 is 0 Å². The SMILES string of the molecule is COc1cccc(N(C)C(=O)c2cc(N)cc(Cl)c2)c1. The number of carbonyl (C=O) groups excluding carboxylic acids is 1. The number of anilines is 2. The average Bonchev–Trinajstić information content (AvgIpc) is 2.44. The Balaban J connectivity index is 2.31. The number of benzene rings is 2.